The van der Waals surface area contributed by atoms with Gasteiger partial charge < -0.3 is 5.32 Å². The summed E-state index contributed by atoms with van der Waals surface area (Å²) in [6.45, 7) is 5.24. The molecule has 0 aliphatic heterocycles. The molecule has 1 aromatic heterocycles. The second-order valence-electron chi connectivity index (χ2n) is 5.30. The minimum absolute atomic E-state index is 0.443. The van der Waals surface area contributed by atoms with Crippen molar-refractivity contribution >= 4 is 22.5 Å². The van der Waals surface area contributed by atoms with E-state index in [-0.39, 0.29) is 0 Å². The molecular weight excluding hydrogens is 258 g/mol. The molecule has 1 heterocycles. The second-order valence-corrected chi connectivity index (χ2v) is 5.67. The van der Waals surface area contributed by atoms with E-state index in [2.05, 4.69) is 42.5 Å². The number of fused-ring (bicyclic) bond motifs is 1. The summed E-state index contributed by atoms with van der Waals surface area (Å²) in [4.78, 5) is 0. The molecule has 3 nitrogen and oxygen atoms in total. The molecule has 0 aliphatic rings. The van der Waals surface area contributed by atoms with Crippen LogP contribution in [0.2, 0.25) is 0 Å². The first-order valence-corrected chi connectivity index (χ1v) is 7.37. The van der Waals surface area contributed by atoms with E-state index in [4.69, 9.17) is 11.6 Å². The summed E-state index contributed by atoms with van der Waals surface area (Å²) in [6.07, 6.45) is 0.990. The molecule has 0 fully saturated rings. The summed E-state index contributed by atoms with van der Waals surface area (Å²) >= 11 is 5.86. The van der Waals surface area contributed by atoms with Gasteiger partial charge in [-0.25, -0.2) is 0 Å². The van der Waals surface area contributed by atoms with Crippen LogP contribution < -0.4 is 5.32 Å². The summed E-state index contributed by atoms with van der Waals surface area (Å²) in [5.74, 6) is 1.27. The molecule has 4 heteroatoms. The molecular formula is C15H22ClN3. The Labute approximate surface area is 119 Å². The molecule has 1 N–H and O–H groups in total. The zero-order valence-corrected chi connectivity index (χ0v) is 12.6. The molecule has 0 bridgehead atoms. The number of hydrogen-bond donors (Lipinski definition) is 1. The highest BCUT2D eigenvalue weighted by Crippen LogP contribution is 2.18. The molecule has 0 saturated carbocycles. The van der Waals surface area contributed by atoms with Crippen LogP contribution >= 0.6 is 11.6 Å². The van der Waals surface area contributed by atoms with Gasteiger partial charge in [-0.3, -0.25) is 4.68 Å². The van der Waals surface area contributed by atoms with Gasteiger partial charge in [0.25, 0.3) is 0 Å². The Morgan fingerprint density at radius 2 is 2.05 bits per heavy atom. The van der Waals surface area contributed by atoms with Crippen molar-refractivity contribution in [1.29, 1.82) is 0 Å². The number of aryl methyl sites for hydroxylation is 1. The van der Waals surface area contributed by atoms with E-state index in [1.54, 1.807) is 0 Å². The van der Waals surface area contributed by atoms with E-state index < -0.39 is 0 Å². The fourth-order valence-electron chi connectivity index (χ4n) is 2.44. The highest BCUT2D eigenvalue weighted by Gasteiger charge is 2.14. The van der Waals surface area contributed by atoms with Crippen LogP contribution in [-0.2, 0) is 13.6 Å². The lowest BCUT2D eigenvalue weighted by atomic mass is 10.0. The van der Waals surface area contributed by atoms with Gasteiger partial charge in [-0.2, -0.15) is 5.10 Å². The molecule has 0 saturated heterocycles. The standard InChI is InChI=1S/C15H22ClN3/c1-11(2)13(8-9-16)17-10-14-12-6-4-5-7-15(12)19(3)18-14/h4-7,11,13,17H,8-10H2,1-3H3. The lowest BCUT2D eigenvalue weighted by Crippen LogP contribution is -2.33. The van der Waals surface area contributed by atoms with Crippen molar-refractivity contribution in [2.75, 3.05) is 5.88 Å². The first-order valence-electron chi connectivity index (χ1n) is 6.83. The Morgan fingerprint density at radius 3 is 2.74 bits per heavy atom. The second kappa shape index (κ2) is 6.40. The molecule has 0 aliphatic carbocycles. The minimum atomic E-state index is 0.443. The van der Waals surface area contributed by atoms with Crippen LogP contribution in [0.1, 0.15) is 26.0 Å². The van der Waals surface area contributed by atoms with E-state index in [0.29, 0.717) is 17.8 Å². The number of alkyl halides is 1. The first kappa shape index (κ1) is 14.4. The number of aromatic nitrogens is 2. The van der Waals surface area contributed by atoms with Gasteiger partial charge in [0.2, 0.25) is 0 Å². The quantitative estimate of drug-likeness (QED) is 0.822. The smallest absolute Gasteiger partial charge is 0.0841 e. The van der Waals surface area contributed by atoms with Gasteiger partial charge in [-0.15, -0.1) is 11.6 Å². The van der Waals surface area contributed by atoms with Crippen LogP contribution in [0.15, 0.2) is 24.3 Å². The zero-order chi connectivity index (χ0) is 13.8. The molecule has 2 rings (SSSR count). The van der Waals surface area contributed by atoms with Gasteiger partial charge in [0.05, 0.1) is 11.2 Å². The monoisotopic (exact) mass is 279 g/mol. The highest BCUT2D eigenvalue weighted by molar-refractivity contribution is 6.17. The van der Waals surface area contributed by atoms with Crippen LogP contribution in [0.4, 0.5) is 0 Å². The van der Waals surface area contributed by atoms with Crippen molar-refractivity contribution in [1.82, 2.24) is 15.1 Å². The average molecular weight is 280 g/mol. The average Bonchev–Trinajstić information content (AvgIpc) is 2.72. The number of benzene rings is 1. The molecule has 2 aromatic rings. The summed E-state index contributed by atoms with van der Waals surface area (Å²) in [7, 11) is 1.99. The van der Waals surface area contributed by atoms with Crippen molar-refractivity contribution in [3.63, 3.8) is 0 Å². The Balaban J connectivity index is 2.13. The molecule has 104 valence electrons. The van der Waals surface area contributed by atoms with Gasteiger partial charge in [-0.1, -0.05) is 32.0 Å². The van der Waals surface area contributed by atoms with Crippen LogP contribution in [-0.4, -0.2) is 21.7 Å². The first-order chi connectivity index (χ1) is 9.13. The molecule has 1 unspecified atom stereocenters. The zero-order valence-electron chi connectivity index (χ0n) is 11.9. The fraction of sp³-hybridized carbons (Fsp3) is 0.533. The van der Waals surface area contributed by atoms with Gasteiger partial charge in [0.1, 0.15) is 0 Å². The lowest BCUT2D eigenvalue weighted by Gasteiger charge is -2.21. The van der Waals surface area contributed by atoms with Gasteiger partial charge in [0.15, 0.2) is 0 Å². The van der Waals surface area contributed by atoms with E-state index in [9.17, 15) is 0 Å². The molecule has 0 amide bonds. The number of para-hydroxylation sites is 1. The number of nitrogens with one attached hydrogen (secondary N) is 1. The van der Waals surface area contributed by atoms with Crippen molar-refractivity contribution in [2.24, 2.45) is 13.0 Å². The summed E-state index contributed by atoms with van der Waals surface area (Å²) in [5, 5.41) is 9.41. The van der Waals surface area contributed by atoms with E-state index in [0.717, 1.165) is 18.7 Å². The third-order valence-corrected chi connectivity index (χ3v) is 3.81. The van der Waals surface area contributed by atoms with E-state index in [1.807, 2.05) is 17.8 Å². The fourth-order valence-corrected chi connectivity index (χ4v) is 2.67. The van der Waals surface area contributed by atoms with Crippen molar-refractivity contribution in [2.45, 2.75) is 32.9 Å². The number of nitrogens with zero attached hydrogens (tertiary/aromatic N) is 2. The largest absolute Gasteiger partial charge is 0.308 e. The number of hydrogen-bond acceptors (Lipinski definition) is 2. The van der Waals surface area contributed by atoms with Crippen LogP contribution in [0.3, 0.4) is 0 Å². The summed E-state index contributed by atoms with van der Waals surface area (Å²) in [6, 6.07) is 8.78. The summed E-state index contributed by atoms with van der Waals surface area (Å²) < 4.78 is 1.94. The molecule has 1 aromatic carbocycles. The molecule has 19 heavy (non-hydrogen) atoms. The van der Waals surface area contributed by atoms with Crippen LogP contribution in [0.5, 0.6) is 0 Å². The Hall–Kier alpha value is -1.06. The number of halogens is 1. The normalized spacial score (nSPS) is 13.3. The van der Waals surface area contributed by atoms with Crippen LogP contribution in [0.25, 0.3) is 10.9 Å². The van der Waals surface area contributed by atoms with Crippen LogP contribution in [0, 0.1) is 5.92 Å². The maximum Gasteiger partial charge on any atom is 0.0841 e. The van der Waals surface area contributed by atoms with Gasteiger partial charge in [0, 0.05) is 30.9 Å². The molecule has 0 radical (unpaired) electrons. The van der Waals surface area contributed by atoms with E-state index >= 15 is 0 Å². The third kappa shape index (κ3) is 3.28. The predicted octanol–water partition coefficient (Wildman–Crippen LogP) is 3.32. The predicted molar refractivity (Wildman–Crippen MR) is 81.5 cm³/mol. The highest BCUT2D eigenvalue weighted by atomic mass is 35.5. The lowest BCUT2D eigenvalue weighted by molar-refractivity contribution is 0.387. The van der Waals surface area contributed by atoms with Gasteiger partial charge in [-0.05, 0) is 18.4 Å². The summed E-state index contributed by atoms with van der Waals surface area (Å²) in [5.41, 5.74) is 2.29. The maximum atomic E-state index is 5.86. The SMILES string of the molecule is CC(C)C(CCCl)NCc1nn(C)c2ccccc12. The Morgan fingerprint density at radius 1 is 1.32 bits per heavy atom. The van der Waals surface area contributed by atoms with Crippen molar-refractivity contribution in [3.8, 4) is 0 Å². The Kier molecular flexibility index (Phi) is 4.83. The number of rotatable bonds is 6. The third-order valence-electron chi connectivity index (χ3n) is 3.59. The maximum absolute atomic E-state index is 5.86. The molecule has 1 atom stereocenters. The minimum Gasteiger partial charge on any atom is -0.308 e. The van der Waals surface area contributed by atoms with Gasteiger partial charge >= 0.3 is 0 Å². The topological polar surface area (TPSA) is 29.9 Å². The van der Waals surface area contributed by atoms with Crippen molar-refractivity contribution < 1.29 is 0 Å². The van der Waals surface area contributed by atoms with E-state index in [1.165, 1.54) is 10.9 Å². The van der Waals surface area contributed by atoms with Crippen molar-refractivity contribution in [3.05, 3.63) is 30.0 Å². The Bertz CT molecular complexity index is 533. The molecule has 0 spiro atoms.